The zero-order valence-corrected chi connectivity index (χ0v) is 12.3. The molecule has 3 aromatic rings. The Morgan fingerprint density at radius 2 is 1.96 bits per heavy atom. The van der Waals surface area contributed by atoms with Crippen molar-refractivity contribution in [2.45, 2.75) is 0 Å². The van der Waals surface area contributed by atoms with Crippen molar-refractivity contribution in [3.8, 4) is 11.9 Å². The second-order valence-electron chi connectivity index (χ2n) is 5.11. The van der Waals surface area contributed by atoms with Crippen LogP contribution in [0.4, 0.5) is 5.95 Å². The Morgan fingerprint density at radius 3 is 2.70 bits per heavy atom. The van der Waals surface area contributed by atoms with Crippen LogP contribution in [-0.4, -0.2) is 50.8 Å². The number of hydrogen-bond acceptors (Lipinski definition) is 7. The maximum absolute atomic E-state index is 8.87. The summed E-state index contributed by atoms with van der Waals surface area (Å²) in [5.74, 6) is 1.33. The topological polar surface area (TPSA) is 92.8 Å². The molecule has 1 aliphatic rings. The van der Waals surface area contributed by atoms with Crippen LogP contribution in [0.3, 0.4) is 0 Å². The van der Waals surface area contributed by atoms with Gasteiger partial charge in [-0.1, -0.05) is 0 Å². The molecule has 8 heteroatoms. The Labute approximate surface area is 132 Å². The van der Waals surface area contributed by atoms with Crippen LogP contribution >= 0.6 is 0 Å². The molecule has 0 atom stereocenters. The second kappa shape index (κ2) is 5.62. The van der Waals surface area contributed by atoms with E-state index < -0.39 is 0 Å². The average molecular weight is 307 g/mol. The molecule has 0 spiro atoms. The number of ether oxygens (including phenoxy) is 1. The lowest BCUT2D eigenvalue weighted by atomic mass is 10.3. The van der Waals surface area contributed by atoms with Gasteiger partial charge in [-0.25, -0.2) is 15.0 Å². The van der Waals surface area contributed by atoms with Crippen LogP contribution in [-0.2, 0) is 4.74 Å². The van der Waals surface area contributed by atoms with E-state index in [0.717, 1.165) is 13.1 Å². The van der Waals surface area contributed by atoms with E-state index in [9.17, 15) is 0 Å². The SMILES string of the molecule is N#Cc1ccc(-n2cnc3cnc(N4CCOCC4)nc32)nc1. The minimum absolute atomic E-state index is 0.516. The molecule has 4 heterocycles. The normalized spacial score (nSPS) is 14.8. The molecule has 1 fully saturated rings. The van der Waals surface area contributed by atoms with E-state index in [0.29, 0.717) is 41.7 Å². The van der Waals surface area contributed by atoms with Crippen LogP contribution in [0.15, 0.2) is 30.9 Å². The van der Waals surface area contributed by atoms with Crippen molar-refractivity contribution in [3.05, 3.63) is 36.4 Å². The van der Waals surface area contributed by atoms with Crippen molar-refractivity contribution in [2.75, 3.05) is 31.2 Å². The average Bonchev–Trinajstić information content (AvgIpc) is 3.05. The highest BCUT2D eigenvalue weighted by Gasteiger charge is 2.16. The highest BCUT2D eigenvalue weighted by molar-refractivity contribution is 5.73. The number of imidazole rings is 1. The first-order valence-electron chi connectivity index (χ1n) is 7.24. The summed E-state index contributed by atoms with van der Waals surface area (Å²) in [6.45, 7) is 2.90. The number of pyridine rings is 1. The molecular formula is C15H13N7O. The minimum atomic E-state index is 0.516. The van der Waals surface area contributed by atoms with Crippen LogP contribution in [0.5, 0.6) is 0 Å². The quantitative estimate of drug-likeness (QED) is 0.695. The zero-order chi connectivity index (χ0) is 15.6. The smallest absolute Gasteiger partial charge is 0.227 e. The molecule has 0 saturated carbocycles. The molecule has 0 radical (unpaired) electrons. The Hall–Kier alpha value is -3.05. The molecular weight excluding hydrogens is 294 g/mol. The largest absolute Gasteiger partial charge is 0.378 e. The number of fused-ring (bicyclic) bond motifs is 1. The van der Waals surface area contributed by atoms with Gasteiger partial charge in [-0.3, -0.25) is 4.57 Å². The van der Waals surface area contributed by atoms with Gasteiger partial charge in [0.2, 0.25) is 5.95 Å². The monoisotopic (exact) mass is 307 g/mol. The summed E-state index contributed by atoms with van der Waals surface area (Å²) in [5.41, 5.74) is 1.91. The number of anilines is 1. The number of aromatic nitrogens is 5. The van der Waals surface area contributed by atoms with Crippen molar-refractivity contribution in [2.24, 2.45) is 0 Å². The first-order chi connectivity index (χ1) is 11.3. The summed E-state index contributed by atoms with van der Waals surface area (Å²) >= 11 is 0. The number of morpholine rings is 1. The van der Waals surface area contributed by atoms with Gasteiger partial charge in [-0.05, 0) is 12.1 Å². The lowest BCUT2D eigenvalue weighted by Crippen LogP contribution is -2.37. The first-order valence-corrected chi connectivity index (χ1v) is 7.24. The molecule has 8 nitrogen and oxygen atoms in total. The van der Waals surface area contributed by atoms with Gasteiger partial charge in [0.05, 0.1) is 25.0 Å². The summed E-state index contributed by atoms with van der Waals surface area (Å²) in [6.07, 6.45) is 4.91. The van der Waals surface area contributed by atoms with Gasteiger partial charge in [0.1, 0.15) is 23.7 Å². The fourth-order valence-corrected chi connectivity index (χ4v) is 2.48. The van der Waals surface area contributed by atoms with Crippen molar-refractivity contribution >= 4 is 17.1 Å². The van der Waals surface area contributed by atoms with Gasteiger partial charge in [0.25, 0.3) is 0 Å². The molecule has 0 aromatic carbocycles. The Balaban J connectivity index is 1.76. The third kappa shape index (κ3) is 2.47. The van der Waals surface area contributed by atoms with Crippen LogP contribution in [0.25, 0.3) is 17.0 Å². The molecule has 0 unspecified atom stereocenters. The van der Waals surface area contributed by atoms with Crippen molar-refractivity contribution in [1.29, 1.82) is 5.26 Å². The van der Waals surface area contributed by atoms with Crippen LogP contribution in [0.1, 0.15) is 5.56 Å². The third-order valence-corrected chi connectivity index (χ3v) is 3.70. The summed E-state index contributed by atoms with van der Waals surface area (Å²) in [7, 11) is 0. The minimum Gasteiger partial charge on any atom is -0.378 e. The van der Waals surface area contributed by atoms with E-state index in [1.165, 1.54) is 6.20 Å². The molecule has 23 heavy (non-hydrogen) atoms. The van der Waals surface area contributed by atoms with Gasteiger partial charge in [-0.2, -0.15) is 10.2 Å². The van der Waals surface area contributed by atoms with Gasteiger partial charge >= 0.3 is 0 Å². The number of nitriles is 1. The number of hydrogen-bond donors (Lipinski definition) is 0. The molecule has 0 N–H and O–H groups in total. The fraction of sp³-hybridized carbons (Fsp3) is 0.267. The van der Waals surface area contributed by atoms with Crippen LogP contribution < -0.4 is 4.90 Å². The van der Waals surface area contributed by atoms with Gasteiger partial charge in [0, 0.05) is 19.3 Å². The Bertz CT molecular complexity index is 875. The number of nitrogens with zero attached hydrogens (tertiary/aromatic N) is 7. The highest BCUT2D eigenvalue weighted by Crippen LogP contribution is 2.18. The molecule has 1 saturated heterocycles. The molecule has 114 valence electrons. The Kier molecular flexibility index (Phi) is 3.33. The second-order valence-corrected chi connectivity index (χ2v) is 5.11. The first kappa shape index (κ1) is 13.6. The maximum atomic E-state index is 8.87. The third-order valence-electron chi connectivity index (χ3n) is 3.70. The van der Waals surface area contributed by atoms with Crippen molar-refractivity contribution in [3.63, 3.8) is 0 Å². The predicted molar refractivity (Wildman–Crippen MR) is 82.2 cm³/mol. The molecule has 0 amide bonds. The standard InChI is InChI=1S/C15H13N7O/c16-7-11-1-2-13(17-8-11)22-10-19-12-9-18-15(20-14(12)22)21-3-5-23-6-4-21/h1-2,8-10H,3-6H2. The predicted octanol–water partition coefficient (Wildman–Crippen LogP) is 0.919. The lowest BCUT2D eigenvalue weighted by Gasteiger charge is -2.26. The Morgan fingerprint density at radius 1 is 1.09 bits per heavy atom. The summed E-state index contributed by atoms with van der Waals surface area (Å²) in [6, 6.07) is 5.55. The van der Waals surface area contributed by atoms with E-state index in [4.69, 9.17) is 10.00 Å². The summed E-state index contributed by atoms with van der Waals surface area (Å²) in [4.78, 5) is 19.7. The molecule has 1 aliphatic heterocycles. The molecule has 0 bridgehead atoms. The van der Waals surface area contributed by atoms with Crippen LogP contribution in [0, 0.1) is 11.3 Å². The van der Waals surface area contributed by atoms with E-state index in [1.54, 1.807) is 29.2 Å². The van der Waals surface area contributed by atoms with Crippen molar-refractivity contribution in [1.82, 2.24) is 24.5 Å². The maximum Gasteiger partial charge on any atom is 0.227 e. The van der Waals surface area contributed by atoms with Crippen molar-refractivity contribution < 1.29 is 4.74 Å². The van der Waals surface area contributed by atoms with Crippen LogP contribution in [0.2, 0.25) is 0 Å². The van der Waals surface area contributed by atoms with E-state index in [-0.39, 0.29) is 0 Å². The fourth-order valence-electron chi connectivity index (χ4n) is 2.48. The summed E-state index contributed by atoms with van der Waals surface area (Å²) < 4.78 is 7.15. The molecule has 0 aliphatic carbocycles. The molecule has 4 rings (SSSR count). The zero-order valence-electron chi connectivity index (χ0n) is 12.3. The van der Waals surface area contributed by atoms with E-state index in [1.807, 2.05) is 0 Å². The van der Waals surface area contributed by atoms with Gasteiger partial charge in [-0.15, -0.1) is 0 Å². The highest BCUT2D eigenvalue weighted by atomic mass is 16.5. The van der Waals surface area contributed by atoms with E-state index in [2.05, 4.69) is 30.9 Å². The van der Waals surface area contributed by atoms with Gasteiger partial charge < -0.3 is 9.64 Å². The van der Waals surface area contributed by atoms with Gasteiger partial charge in [0.15, 0.2) is 5.65 Å². The van der Waals surface area contributed by atoms with E-state index >= 15 is 0 Å². The summed E-state index contributed by atoms with van der Waals surface area (Å²) in [5, 5.41) is 8.87. The molecule has 3 aromatic heterocycles. The lowest BCUT2D eigenvalue weighted by molar-refractivity contribution is 0.122. The number of rotatable bonds is 2.